The van der Waals surface area contributed by atoms with E-state index < -0.39 is 34.9 Å². The number of likely N-dealkylation sites (tertiary alicyclic amines) is 1. The molecule has 0 radical (unpaired) electrons. The number of rotatable bonds is 12. The molecular weight excluding hydrogens is 663 g/mol. The fourth-order valence-electron chi connectivity index (χ4n) is 5.85. The topological polar surface area (TPSA) is 158 Å². The normalized spacial score (nSPS) is 15.2. The molecule has 1 saturated heterocycles. The van der Waals surface area contributed by atoms with Crippen molar-refractivity contribution in [3.63, 3.8) is 0 Å². The molecule has 0 aliphatic carbocycles. The van der Waals surface area contributed by atoms with Gasteiger partial charge in [-0.05, 0) is 59.1 Å². The van der Waals surface area contributed by atoms with Gasteiger partial charge in [0.15, 0.2) is 5.69 Å². The second-order valence-electron chi connectivity index (χ2n) is 11.9. The number of carbonyl (C=O) groups is 2. The van der Waals surface area contributed by atoms with Crippen LogP contribution in [0.4, 0.5) is 29.6 Å². The minimum absolute atomic E-state index is 0.0133. The maximum Gasteiger partial charge on any atom is 0.434 e. The first-order valence-corrected chi connectivity index (χ1v) is 16.7. The van der Waals surface area contributed by atoms with Gasteiger partial charge < -0.3 is 25.2 Å². The summed E-state index contributed by atoms with van der Waals surface area (Å²) in [6.07, 6.45) is -0.111. The molecule has 13 nitrogen and oxygen atoms in total. The fraction of sp³-hybridized carbons (Fsp3) is 0.438. The molecule has 262 valence electrons. The van der Waals surface area contributed by atoms with Gasteiger partial charge in [0.25, 0.3) is 0 Å². The second kappa shape index (κ2) is 14.9. The van der Waals surface area contributed by atoms with Gasteiger partial charge in [-0.1, -0.05) is 6.92 Å². The number of carboxylic acid groups (broad SMARTS) is 1. The molecular formula is C32H38F3N9O4S. The highest BCUT2D eigenvalue weighted by molar-refractivity contribution is 7.13. The number of likely N-dealkylation sites (N-methyl/N-ethyl adjacent to an activating group) is 2. The van der Waals surface area contributed by atoms with Crippen molar-refractivity contribution in [1.29, 1.82) is 0 Å². The highest BCUT2D eigenvalue weighted by atomic mass is 32.1. The zero-order valence-corrected chi connectivity index (χ0v) is 28.3. The molecule has 4 aromatic heterocycles. The zero-order chi connectivity index (χ0) is 35.5. The number of fused-ring (bicyclic) bond motifs is 1. The van der Waals surface area contributed by atoms with Crippen LogP contribution in [0, 0.1) is 0 Å². The molecule has 5 rings (SSSR count). The molecule has 4 aromatic rings. The molecule has 1 fully saturated rings. The van der Waals surface area contributed by atoms with Crippen LogP contribution in [0.1, 0.15) is 42.7 Å². The first-order valence-electron chi connectivity index (χ1n) is 15.8. The maximum absolute atomic E-state index is 13.7. The first-order chi connectivity index (χ1) is 23.3. The Balaban J connectivity index is 1.76. The van der Waals surface area contributed by atoms with Crippen molar-refractivity contribution < 1.29 is 27.9 Å². The average Bonchev–Trinajstić information content (AvgIpc) is 3.72. The van der Waals surface area contributed by atoms with Crippen molar-refractivity contribution in [2.75, 3.05) is 57.5 Å². The van der Waals surface area contributed by atoms with Crippen molar-refractivity contribution in [3.8, 4) is 21.7 Å². The predicted octanol–water partition coefficient (Wildman–Crippen LogP) is 4.90. The lowest BCUT2D eigenvalue weighted by molar-refractivity contribution is -0.140. The van der Waals surface area contributed by atoms with Gasteiger partial charge in [-0.15, -0.1) is 11.3 Å². The summed E-state index contributed by atoms with van der Waals surface area (Å²) >= 11 is 0.757. The van der Waals surface area contributed by atoms with Gasteiger partial charge in [-0.2, -0.15) is 13.2 Å². The third kappa shape index (κ3) is 8.00. The SMILES string of the molecule is CCNC(=O)Nc1cc(-c2nc(C(F)(F)F)cs2)c(-c2cc3c(=O)c(C(=O)O)cn(CC4CCCN4CC)c3nc2NCCN(C)C)cn1. The minimum atomic E-state index is -4.70. The Morgan fingerprint density at radius 1 is 1.14 bits per heavy atom. The minimum Gasteiger partial charge on any atom is -0.477 e. The number of hydrogen-bond donors (Lipinski definition) is 4. The van der Waals surface area contributed by atoms with E-state index in [-0.39, 0.29) is 39.0 Å². The number of anilines is 2. The number of amides is 2. The Morgan fingerprint density at radius 3 is 2.57 bits per heavy atom. The first kappa shape index (κ1) is 35.7. The van der Waals surface area contributed by atoms with Gasteiger partial charge >= 0.3 is 18.2 Å². The van der Waals surface area contributed by atoms with E-state index >= 15 is 0 Å². The van der Waals surface area contributed by atoms with E-state index in [2.05, 4.69) is 37.7 Å². The molecule has 17 heteroatoms. The number of carbonyl (C=O) groups excluding carboxylic acids is 1. The van der Waals surface area contributed by atoms with Crippen molar-refractivity contribution >= 4 is 46.0 Å². The molecule has 1 atom stereocenters. The Morgan fingerprint density at radius 2 is 1.92 bits per heavy atom. The summed E-state index contributed by atoms with van der Waals surface area (Å²) in [7, 11) is 3.79. The van der Waals surface area contributed by atoms with Gasteiger partial charge in [-0.3, -0.25) is 15.0 Å². The number of nitrogens with zero attached hydrogens (tertiary/aromatic N) is 6. The summed E-state index contributed by atoms with van der Waals surface area (Å²) in [5.74, 6) is -1.03. The molecule has 5 heterocycles. The van der Waals surface area contributed by atoms with Crippen LogP contribution < -0.4 is 21.4 Å². The fourth-order valence-corrected chi connectivity index (χ4v) is 6.71. The number of alkyl halides is 3. The van der Waals surface area contributed by atoms with E-state index in [9.17, 15) is 32.7 Å². The van der Waals surface area contributed by atoms with E-state index in [1.165, 1.54) is 24.5 Å². The van der Waals surface area contributed by atoms with E-state index in [4.69, 9.17) is 4.98 Å². The van der Waals surface area contributed by atoms with Crippen molar-refractivity contribution in [1.82, 2.24) is 34.6 Å². The molecule has 0 bridgehead atoms. The highest BCUT2D eigenvalue weighted by Crippen LogP contribution is 2.41. The predicted molar refractivity (Wildman–Crippen MR) is 182 cm³/mol. The quantitative estimate of drug-likeness (QED) is 0.160. The van der Waals surface area contributed by atoms with E-state index in [1.807, 2.05) is 19.0 Å². The van der Waals surface area contributed by atoms with Crippen molar-refractivity contribution in [3.05, 3.63) is 51.4 Å². The zero-order valence-electron chi connectivity index (χ0n) is 27.5. The van der Waals surface area contributed by atoms with Gasteiger partial charge in [0.2, 0.25) is 5.43 Å². The van der Waals surface area contributed by atoms with E-state index in [0.717, 1.165) is 42.6 Å². The number of carboxylic acids is 1. The maximum atomic E-state index is 13.7. The third-order valence-electron chi connectivity index (χ3n) is 8.24. The van der Waals surface area contributed by atoms with Crippen LogP contribution in [0.2, 0.25) is 0 Å². The number of aromatic carboxylic acids is 1. The summed E-state index contributed by atoms with van der Waals surface area (Å²) in [5.41, 5.74) is -1.23. The lowest BCUT2D eigenvalue weighted by atomic mass is 10.0. The lowest BCUT2D eigenvalue weighted by Gasteiger charge is -2.25. The smallest absolute Gasteiger partial charge is 0.434 e. The van der Waals surface area contributed by atoms with Crippen molar-refractivity contribution in [2.45, 2.75) is 45.5 Å². The van der Waals surface area contributed by atoms with Crippen LogP contribution >= 0.6 is 11.3 Å². The third-order valence-corrected chi connectivity index (χ3v) is 9.12. The van der Waals surface area contributed by atoms with Gasteiger partial charge in [0.1, 0.15) is 27.9 Å². The summed E-state index contributed by atoms with van der Waals surface area (Å²) in [6.45, 7) is 7.26. The van der Waals surface area contributed by atoms with Gasteiger partial charge in [0.05, 0.1) is 5.39 Å². The highest BCUT2D eigenvalue weighted by Gasteiger charge is 2.34. The molecule has 0 saturated carbocycles. The van der Waals surface area contributed by atoms with Gasteiger partial charge in [0, 0.05) is 66.7 Å². The van der Waals surface area contributed by atoms with Crippen LogP contribution in [-0.4, -0.2) is 99.3 Å². The lowest BCUT2D eigenvalue weighted by Crippen LogP contribution is -2.33. The molecule has 1 unspecified atom stereocenters. The monoisotopic (exact) mass is 701 g/mol. The van der Waals surface area contributed by atoms with Gasteiger partial charge in [-0.25, -0.2) is 24.5 Å². The molecule has 4 N–H and O–H groups in total. The van der Waals surface area contributed by atoms with Crippen molar-refractivity contribution in [2.24, 2.45) is 0 Å². The number of thiazole rings is 1. The number of pyridine rings is 3. The second-order valence-corrected chi connectivity index (χ2v) is 12.7. The standard InChI is InChI=1S/C32H38F3N9O4S/c1-5-36-31(48)40-25-13-20(29-39-24(17-49-29)32(33,34)35)22(14-38-25)19-12-21-26(45)23(30(46)47)16-44(15-18-8-7-10-43(18)6-2)28(21)41-27(19)37-9-11-42(3)4/h12-14,16-18H,5-11,15H2,1-4H3,(H,37,41)(H,46,47)(H2,36,38,40,48). The summed E-state index contributed by atoms with van der Waals surface area (Å²) in [5, 5.41) is 19.4. The number of urea groups is 1. The Labute approximate surface area is 284 Å². The Bertz CT molecular complexity index is 1910. The Kier molecular flexibility index (Phi) is 10.8. The molecule has 2 amide bonds. The van der Waals surface area contributed by atoms with Crippen LogP contribution in [0.5, 0.6) is 0 Å². The molecule has 49 heavy (non-hydrogen) atoms. The Hall–Kier alpha value is -4.61. The molecule has 1 aliphatic rings. The van der Waals surface area contributed by atoms with E-state index in [1.54, 1.807) is 11.5 Å². The van der Waals surface area contributed by atoms with Crippen LogP contribution in [0.3, 0.4) is 0 Å². The number of halogens is 3. The summed E-state index contributed by atoms with van der Waals surface area (Å²) < 4.78 is 42.7. The molecule has 0 spiro atoms. The van der Waals surface area contributed by atoms with E-state index in [0.29, 0.717) is 37.6 Å². The van der Waals surface area contributed by atoms with Crippen LogP contribution in [0.15, 0.2) is 34.7 Å². The largest absolute Gasteiger partial charge is 0.477 e. The number of aromatic nitrogens is 4. The number of hydrogen-bond acceptors (Lipinski definition) is 10. The number of nitrogens with one attached hydrogen (secondary N) is 3. The summed E-state index contributed by atoms with van der Waals surface area (Å²) in [6, 6.07) is 2.46. The summed E-state index contributed by atoms with van der Waals surface area (Å²) in [4.78, 5) is 55.7. The molecule has 1 aliphatic heterocycles. The van der Waals surface area contributed by atoms with Crippen LogP contribution in [0.25, 0.3) is 32.7 Å². The van der Waals surface area contributed by atoms with Crippen LogP contribution in [-0.2, 0) is 12.7 Å². The average molecular weight is 702 g/mol. The molecule has 0 aromatic carbocycles.